The van der Waals surface area contributed by atoms with Crippen LogP contribution in [0.15, 0.2) is 47.5 Å². The second-order valence-corrected chi connectivity index (χ2v) is 5.58. The Bertz CT molecular complexity index is 852. The van der Waals surface area contributed by atoms with E-state index in [0.29, 0.717) is 10.2 Å². The summed E-state index contributed by atoms with van der Waals surface area (Å²) in [6, 6.07) is 11.7. The van der Waals surface area contributed by atoms with E-state index in [-0.39, 0.29) is 18.0 Å². The van der Waals surface area contributed by atoms with Crippen molar-refractivity contribution in [3.8, 4) is 10.4 Å². The fourth-order valence-corrected chi connectivity index (χ4v) is 3.05. The van der Waals surface area contributed by atoms with E-state index < -0.39 is 0 Å². The maximum atomic E-state index is 12.4. The Labute approximate surface area is 124 Å². The van der Waals surface area contributed by atoms with E-state index in [1.165, 1.54) is 29.3 Å². The molecule has 1 aromatic carbocycles. The molecule has 0 aliphatic rings. The van der Waals surface area contributed by atoms with Crippen LogP contribution in [-0.2, 0) is 11.3 Å². The van der Waals surface area contributed by atoms with Crippen molar-refractivity contribution in [2.75, 3.05) is 7.05 Å². The lowest BCUT2D eigenvalue weighted by Crippen LogP contribution is -2.30. The first-order chi connectivity index (χ1) is 10.2. The molecule has 0 bridgehead atoms. The Hall–Kier alpha value is -2.47. The predicted octanol–water partition coefficient (Wildman–Crippen LogP) is 1.87. The first kappa shape index (κ1) is 13.5. The summed E-state index contributed by atoms with van der Waals surface area (Å²) in [6.45, 7) is -0.0191. The molecular formula is C15H13N3O2S. The molecule has 6 heteroatoms. The number of carbonyl (C=O) groups is 1. The average molecular weight is 299 g/mol. The average Bonchev–Trinajstić information content (AvgIpc) is 2.96. The summed E-state index contributed by atoms with van der Waals surface area (Å²) in [4.78, 5) is 29.7. The first-order valence-electron chi connectivity index (χ1n) is 6.44. The number of benzene rings is 1. The van der Waals surface area contributed by atoms with E-state index in [2.05, 4.69) is 10.3 Å². The highest BCUT2D eigenvalue weighted by Crippen LogP contribution is 2.30. The molecular weight excluding hydrogens is 286 g/mol. The first-order valence-corrected chi connectivity index (χ1v) is 7.25. The van der Waals surface area contributed by atoms with Gasteiger partial charge in [-0.3, -0.25) is 14.2 Å². The number of hydrogen-bond donors (Lipinski definition) is 1. The Kier molecular flexibility index (Phi) is 3.53. The molecule has 0 saturated carbocycles. The van der Waals surface area contributed by atoms with Gasteiger partial charge in [0.15, 0.2) is 0 Å². The van der Waals surface area contributed by atoms with Crippen LogP contribution >= 0.6 is 11.3 Å². The van der Waals surface area contributed by atoms with Gasteiger partial charge in [0.2, 0.25) is 5.91 Å². The topological polar surface area (TPSA) is 64.0 Å². The third-order valence-electron chi connectivity index (χ3n) is 3.17. The largest absolute Gasteiger partial charge is 0.358 e. The fraction of sp³-hybridized carbons (Fsp3) is 0.133. The summed E-state index contributed by atoms with van der Waals surface area (Å²) in [5, 5.41) is 3.04. The van der Waals surface area contributed by atoms with Crippen LogP contribution in [-0.4, -0.2) is 22.5 Å². The van der Waals surface area contributed by atoms with Gasteiger partial charge in [-0.2, -0.15) is 0 Å². The van der Waals surface area contributed by atoms with Crippen molar-refractivity contribution in [3.63, 3.8) is 0 Å². The van der Waals surface area contributed by atoms with Gasteiger partial charge in [-0.1, -0.05) is 30.3 Å². The zero-order valence-electron chi connectivity index (χ0n) is 11.4. The summed E-state index contributed by atoms with van der Waals surface area (Å²) in [5.41, 5.74) is 0.861. The van der Waals surface area contributed by atoms with Crippen LogP contribution in [0, 0.1) is 0 Å². The summed E-state index contributed by atoms with van der Waals surface area (Å²) in [6.07, 6.45) is 1.42. The molecule has 3 aromatic rings. The maximum absolute atomic E-state index is 12.4. The highest BCUT2D eigenvalue weighted by molar-refractivity contribution is 7.21. The van der Waals surface area contributed by atoms with Crippen LogP contribution in [0.1, 0.15) is 0 Å². The lowest BCUT2D eigenvalue weighted by molar-refractivity contribution is -0.121. The normalized spacial score (nSPS) is 10.7. The number of rotatable bonds is 3. The van der Waals surface area contributed by atoms with E-state index in [1.54, 1.807) is 0 Å². The highest BCUT2D eigenvalue weighted by atomic mass is 32.1. The molecule has 0 unspecified atom stereocenters. The molecule has 2 aromatic heterocycles. The van der Waals surface area contributed by atoms with E-state index in [9.17, 15) is 9.59 Å². The molecule has 0 atom stereocenters. The Morgan fingerprint density at radius 1 is 1.33 bits per heavy atom. The van der Waals surface area contributed by atoms with Gasteiger partial charge in [-0.25, -0.2) is 4.98 Å². The maximum Gasteiger partial charge on any atom is 0.262 e. The van der Waals surface area contributed by atoms with Crippen molar-refractivity contribution in [3.05, 3.63) is 53.1 Å². The van der Waals surface area contributed by atoms with E-state index >= 15 is 0 Å². The number of thiophene rings is 1. The lowest BCUT2D eigenvalue weighted by atomic mass is 10.2. The molecule has 0 aliphatic carbocycles. The Morgan fingerprint density at radius 2 is 2.10 bits per heavy atom. The zero-order chi connectivity index (χ0) is 14.8. The molecule has 3 rings (SSSR count). The minimum Gasteiger partial charge on any atom is -0.358 e. The monoisotopic (exact) mass is 299 g/mol. The number of aromatic nitrogens is 2. The molecule has 1 amide bonds. The van der Waals surface area contributed by atoms with Crippen molar-refractivity contribution in [1.82, 2.24) is 14.9 Å². The smallest absolute Gasteiger partial charge is 0.262 e. The zero-order valence-corrected chi connectivity index (χ0v) is 12.2. The third-order valence-corrected chi connectivity index (χ3v) is 4.26. The van der Waals surface area contributed by atoms with Crippen molar-refractivity contribution >= 4 is 27.5 Å². The van der Waals surface area contributed by atoms with Crippen molar-refractivity contribution in [2.24, 2.45) is 0 Å². The standard InChI is InChI=1S/C15H13N3O2S/c1-16-13(19)8-18-9-17-14-11(15(18)20)7-12(21-14)10-5-3-2-4-6-10/h2-7,9H,8H2,1H3,(H,16,19). The second-order valence-electron chi connectivity index (χ2n) is 4.55. The number of hydrogen-bond acceptors (Lipinski definition) is 4. The van der Waals surface area contributed by atoms with Gasteiger partial charge in [0.1, 0.15) is 11.4 Å². The van der Waals surface area contributed by atoms with Crippen LogP contribution in [0.25, 0.3) is 20.7 Å². The summed E-state index contributed by atoms with van der Waals surface area (Å²) < 4.78 is 1.32. The molecule has 0 saturated heterocycles. The van der Waals surface area contributed by atoms with Gasteiger partial charge >= 0.3 is 0 Å². The second kappa shape index (κ2) is 5.49. The van der Waals surface area contributed by atoms with Crippen molar-refractivity contribution in [1.29, 1.82) is 0 Å². The van der Waals surface area contributed by atoms with Gasteiger partial charge in [-0.15, -0.1) is 11.3 Å². The molecule has 106 valence electrons. The van der Waals surface area contributed by atoms with Gasteiger partial charge in [0, 0.05) is 11.9 Å². The van der Waals surface area contributed by atoms with Crippen LogP contribution in [0.2, 0.25) is 0 Å². The molecule has 21 heavy (non-hydrogen) atoms. The lowest BCUT2D eigenvalue weighted by Gasteiger charge is -2.03. The van der Waals surface area contributed by atoms with Crippen LogP contribution < -0.4 is 10.9 Å². The minimum absolute atomic E-state index is 0.0191. The molecule has 2 heterocycles. The number of amides is 1. The fourth-order valence-electron chi connectivity index (χ4n) is 2.05. The van der Waals surface area contributed by atoms with E-state index in [1.807, 2.05) is 36.4 Å². The van der Waals surface area contributed by atoms with Gasteiger partial charge in [0.25, 0.3) is 5.56 Å². The molecule has 0 fully saturated rings. The predicted molar refractivity (Wildman–Crippen MR) is 83.4 cm³/mol. The summed E-state index contributed by atoms with van der Waals surface area (Å²) in [7, 11) is 1.54. The van der Waals surface area contributed by atoms with Crippen LogP contribution in [0.3, 0.4) is 0 Å². The highest BCUT2D eigenvalue weighted by Gasteiger charge is 2.11. The van der Waals surface area contributed by atoms with Crippen molar-refractivity contribution < 1.29 is 4.79 Å². The number of nitrogens with zero attached hydrogens (tertiary/aromatic N) is 2. The van der Waals surface area contributed by atoms with Gasteiger partial charge in [-0.05, 0) is 11.6 Å². The van der Waals surface area contributed by atoms with Crippen molar-refractivity contribution in [2.45, 2.75) is 6.54 Å². The summed E-state index contributed by atoms with van der Waals surface area (Å²) in [5.74, 6) is -0.225. The summed E-state index contributed by atoms with van der Waals surface area (Å²) >= 11 is 1.47. The Morgan fingerprint density at radius 3 is 2.81 bits per heavy atom. The number of fused-ring (bicyclic) bond motifs is 1. The number of nitrogens with one attached hydrogen (secondary N) is 1. The van der Waals surface area contributed by atoms with E-state index in [0.717, 1.165) is 10.4 Å². The van der Waals surface area contributed by atoms with E-state index in [4.69, 9.17) is 0 Å². The Balaban J connectivity index is 2.08. The van der Waals surface area contributed by atoms with Gasteiger partial charge < -0.3 is 5.32 Å². The molecule has 0 radical (unpaired) electrons. The SMILES string of the molecule is CNC(=O)Cn1cnc2sc(-c3ccccc3)cc2c1=O. The third kappa shape index (κ3) is 2.57. The minimum atomic E-state index is -0.225. The molecule has 0 aliphatic heterocycles. The molecule has 5 nitrogen and oxygen atoms in total. The molecule has 0 spiro atoms. The molecule has 1 N–H and O–H groups in total. The van der Waals surface area contributed by atoms with Gasteiger partial charge in [0.05, 0.1) is 11.7 Å². The number of carbonyl (C=O) groups excluding carboxylic acids is 1. The van der Waals surface area contributed by atoms with Crippen LogP contribution in [0.5, 0.6) is 0 Å². The quantitative estimate of drug-likeness (QED) is 0.803. The van der Waals surface area contributed by atoms with Crippen LogP contribution in [0.4, 0.5) is 0 Å². The number of likely N-dealkylation sites (N-methyl/N-ethyl adjacent to an activating group) is 1.